The number of nitrogens with zero attached hydrogens (tertiary/aromatic N) is 1. The highest BCUT2D eigenvalue weighted by Crippen LogP contribution is 2.20. The van der Waals surface area contributed by atoms with Crippen LogP contribution < -0.4 is 5.32 Å². The first-order valence-electron chi connectivity index (χ1n) is 5.08. The van der Waals surface area contributed by atoms with Crippen LogP contribution in [0, 0.1) is 5.92 Å². The van der Waals surface area contributed by atoms with Crippen LogP contribution in [0.3, 0.4) is 0 Å². The summed E-state index contributed by atoms with van der Waals surface area (Å²) in [7, 11) is 0. The fourth-order valence-electron chi connectivity index (χ4n) is 1.64. The first-order chi connectivity index (χ1) is 6.86. The highest BCUT2D eigenvalue weighted by Gasteiger charge is 2.16. The van der Waals surface area contributed by atoms with Gasteiger partial charge in [-0.15, -0.1) is 11.3 Å². The van der Waals surface area contributed by atoms with Gasteiger partial charge in [-0.25, -0.2) is 4.98 Å². The predicted octanol–water partition coefficient (Wildman–Crippen LogP) is 1.83. The van der Waals surface area contributed by atoms with Crippen LogP contribution in [-0.2, 0) is 4.74 Å². The topological polar surface area (TPSA) is 34.1 Å². The second kappa shape index (κ2) is 4.87. The largest absolute Gasteiger partial charge is 0.371 e. The van der Waals surface area contributed by atoms with E-state index in [9.17, 15) is 0 Å². The van der Waals surface area contributed by atoms with Gasteiger partial charge >= 0.3 is 0 Å². The van der Waals surface area contributed by atoms with E-state index in [2.05, 4.69) is 17.2 Å². The van der Waals surface area contributed by atoms with Gasteiger partial charge in [0.05, 0.1) is 6.61 Å². The van der Waals surface area contributed by atoms with Crippen LogP contribution >= 0.6 is 11.3 Å². The SMILES string of the molecule is C[C@H](OC[C@H]1CCNC1)c1nccs1. The molecule has 1 fully saturated rings. The quantitative estimate of drug-likeness (QED) is 0.827. The Hall–Kier alpha value is -0.450. The molecule has 1 aromatic heterocycles. The number of thiazole rings is 1. The van der Waals surface area contributed by atoms with Crippen molar-refractivity contribution in [3.63, 3.8) is 0 Å². The Labute approximate surface area is 88.5 Å². The summed E-state index contributed by atoms with van der Waals surface area (Å²) >= 11 is 1.66. The van der Waals surface area contributed by atoms with E-state index in [0.29, 0.717) is 5.92 Å². The van der Waals surface area contributed by atoms with Gasteiger partial charge in [-0.2, -0.15) is 0 Å². The molecule has 0 saturated carbocycles. The molecule has 0 aromatic carbocycles. The molecular weight excluding hydrogens is 196 g/mol. The summed E-state index contributed by atoms with van der Waals surface area (Å²) in [5, 5.41) is 6.41. The molecular formula is C10H16N2OS. The molecule has 1 aliphatic rings. The van der Waals surface area contributed by atoms with E-state index in [4.69, 9.17) is 4.74 Å². The highest BCUT2D eigenvalue weighted by atomic mass is 32.1. The number of hydrogen-bond acceptors (Lipinski definition) is 4. The number of rotatable bonds is 4. The smallest absolute Gasteiger partial charge is 0.121 e. The van der Waals surface area contributed by atoms with E-state index >= 15 is 0 Å². The van der Waals surface area contributed by atoms with Crippen molar-refractivity contribution < 1.29 is 4.74 Å². The summed E-state index contributed by atoms with van der Waals surface area (Å²) in [6.45, 7) is 5.17. The Morgan fingerprint density at radius 2 is 2.71 bits per heavy atom. The zero-order chi connectivity index (χ0) is 9.80. The monoisotopic (exact) mass is 212 g/mol. The van der Waals surface area contributed by atoms with Crippen molar-refractivity contribution >= 4 is 11.3 Å². The Balaban J connectivity index is 1.74. The average Bonchev–Trinajstić information content (AvgIpc) is 2.87. The van der Waals surface area contributed by atoms with Crippen molar-refractivity contribution in [1.82, 2.24) is 10.3 Å². The van der Waals surface area contributed by atoms with E-state index in [1.165, 1.54) is 6.42 Å². The lowest BCUT2D eigenvalue weighted by atomic mass is 10.1. The molecule has 1 saturated heterocycles. The van der Waals surface area contributed by atoms with Gasteiger partial charge in [0.2, 0.25) is 0 Å². The number of ether oxygens (including phenoxy) is 1. The van der Waals surface area contributed by atoms with Crippen LogP contribution in [0.2, 0.25) is 0 Å². The van der Waals surface area contributed by atoms with E-state index in [1.54, 1.807) is 11.3 Å². The van der Waals surface area contributed by atoms with E-state index in [-0.39, 0.29) is 6.10 Å². The standard InChI is InChI=1S/C10H16N2OS/c1-8(10-12-4-5-14-10)13-7-9-2-3-11-6-9/h4-5,8-9,11H,2-3,6-7H2,1H3/t8-,9-/m0/s1. The van der Waals surface area contributed by atoms with Gasteiger partial charge in [-0.3, -0.25) is 0 Å². The van der Waals surface area contributed by atoms with Crippen molar-refractivity contribution in [1.29, 1.82) is 0 Å². The Bertz CT molecular complexity index is 257. The third-order valence-electron chi connectivity index (χ3n) is 2.54. The molecule has 1 aromatic rings. The Morgan fingerprint density at radius 3 is 3.36 bits per heavy atom. The molecule has 1 aliphatic heterocycles. The molecule has 2 heterocycles. The minimum absolute atomic E-state index is 0.149. The second-order valence-electron chi connectivity index (χ2n) is 3.70. The molecule has 14 heavy (non-hydrogen) atoms. The summed E-state index contributed by atoms with van der Waals surface area (Å²) < 4.78 is 5.78. The minimum Gasteiger partial charge on any atom is -0.371 e. The summed E-state index contributed by atoms with van der Waals surface area (Å²) in [5.41, 5.74) is 0. The van der Waals surface area contributed by atoms with Gasteiger partial charge in [-0.05, 0) is 25.8 Å². The zero-order valence-electron chi connectivity index (χ0n) is 8.40. The lowest BCUT2D eigenvalue weighted by Gasteiger charge is -2.13. The van der Waals surface area contributed by atoms with Gasteiger partial charge in [0.15, 0.2) is 0 Å². The molecule has 0 bridgehead atoms. The normalized spacial score (nSPS) is 23.9. The van der Waals surface area contributed by atoms with Gasteiger partial charge in [0.25, 0.3) is 0 Å². The van der Waals surface area contributed by atoms with Crippen molar-refractivity contribution in [2.75, 3.05) is 19.7 Å². The van der Waals surface area contributed by atoms with Crippen molar-refractivity contribution in [2.45, 2.75) is 19.4 Å². The maximum Gasteiger partial charge on any atom is 0.121 e. The second-order valence-corrected chi connectivity index (χ2v) is 4.63. The summed E-state index contributed by atoms with van der Waals surface area (Å²) in [6.07, 6.45) is 3.22. The van der Waals surface area contributed by atoms with Crippen LogP contribution in [0.15, 0.2) is 11.6 Å². The number of aromatic nitrogens is 1. The fraction of sp³-hybridized carbons (Fsp3) is 0.700. The molecule has 2 rings (SSSR count). The highest BCUT2D eigenvalue weighted by molar-refractivity contribution is 7.09. The first-order valence-corrected chi connectivity index (χ1v) is 5.96. The van der Waals surface area contributed by atoms with Crippen molar-refractivity contribution in [2.24, 2.45) is 5.92 Å². The predicted molar refractivity (Wildman–Crippen MR) is 57.5 cm³/mol. The fourth-order valence-corrected chi connectivity index (χ4v) is 2.29. The van der Waals surface area contributed by atoms with Gasteiger partial charge in [0.1, 0.15) is 11.1 Å². The van der Waals surface area contributed by atoms with Crippen LogP contribution in [0.25, 0.3) is 0 Å². The molecule has 0 aliphatic carbocycles. The number of hydrogen-bond donors (Lipinski definition) is 1. The molecule has 0 unspecified atom stereocenters. The molecule has 2 atom stereocenters. The Morgan fingerprint density at radius 1 is 1.79 bits per heavy atom. The number of nitrogens with one attached hydrogen (secondary N) is 1. The first kappa shape index (κ1) is 10.1. The minimum atomic E-state index is 0.149. The third-order valence-corrected chi connectivity index (χ3v) is 3.48. The van der Waals surface area contributed by atoms with E-state index in [1.807, 2.05) is 11.6 Å². The van der Waals surface area contributed by atoms with Gasteiger partial charge < -0.3 is 10.1 Å². The van der Waals surface area contributed by atoms with Crippen molar-refractivity contribution in [3.05, 3.63) is 16.6 Å². The molecule has 1 N–H and O–H groups in total. The third kappa shape index (κ3) is 2.53. The Kier molecular flexibility index (Phi) is 3.50. The lowest BCUT2D eigenvalue weighted by molar-refractivity contribution is 0.0434. The summed E-state index contributed by atoms with van der Waals surface area (Å²) in [6, 6.07) is 0. The molecule has 0 amide bonds. The van der Waals surface area contributed by atoms with E-state index < -0.39 is 0 Å². The maximum atomic E-state index is 5.78. The summed E-state index contributed by atoms with van der Waals surface area (Å²) in [4.78, 5) is 4.24. The molecule has 4 heteroatoms. The van der Waals surface area contributed by atoms with Crippen LogP contribution in [0.1, 0.15) is 24.5 Å². The molecule has 3 nitrogen and oxygen atoms in total. The maximum absolute atomic E-state index is 5.78. The van der Waals surface area contributed by atoms with Crippen LogP contribution in [-0.4, -0.2) is 24.7 Å². The van der Waals surface area contributed by atoms with Crippen molar-refractivity contribution in [3.8, 4) is 0 Å². The molecule has 78 valence electrons. The van der Waals surface area contributed by atoms with Crippen LogP contribution in [0.4, 0.5) is 0 Å². The zero-order valence-corrected chi connectivity index (χ0v) is 9.22. The average molecular weight is 212 g/mol. The van der Waals surface area contributed by atoms with E-state index in [0.717, 1.165) is 24.7 Å². The molecule has 0 spiro atoms. The van der Waals surface area contributed by atoms with Gasteiger partial charge in [-0.1, -0.05) is 0 Å². The van der Waals surface area contributed by atoms with Crippen LogP contribution in [0.5, 0.6) is 0 Å². The van der Waals surface area contributed by atoms with Gasteiger partial charge in [0, 0.05) is 18.1 Å². The summed E-state index contributed by atoms with van der Waals surface area (Å²) in [5.74, 6) is 0.692. The lowest BCUT2D eigenvalue weighted by Crippen LogP contribution is -2.15. The molecule has 0 radical (unpaired) electrons.